The molecule has 1 N–H and O–H groups in total. The molecule has 1 aromatic carbocycles. The molecule has 1 fully saturated rings. The van der Waals surface area contributed by atoms with Crippen LogP contribution in [0.2, 0.25) is 0 Å². The van der Waals surface area contributed by atoms with Gasteiger partial charge in [0, 0.05) is 0 Å². The van der Waals surface area contributed by atoms with E-state index in [0.29, 0.717) is 13.2 Å². The zero-order valence-electron chi connectivity index (χ0n) is 14.6. The van der Waals surface area contributed by atoms with E-state index < -0.39 is 0 Å². The SMILES string of the molecule is Cc1ccc(OCCNC(=O)COC(=O)C2CCCCC2)c(C)c1. The second kappa shape index (κ2) is 9.30. The summed E-state index contributed by atoms with van der Waals surface area (Å²) in [6, 6.07) is 5.97. The lowest BCUT2D eigenvalue weighted by atomic mass is 9.89. The third-order valence-electron chi connectivity index (χ3n) is 4.30. The molecule has 5 nitrogen and oxygen atoms in total. The zero-order valence-corrected chi connectivity index (χ0v) is 14.6. The summed E-state index contributed by atoms with van der Waals surface area (Å²) in [4.78, 5) is 23.6. The van der Waals surface area contributed by atoms with E-state index >= 15 is 0 Å². The molecule has 0 spiro atoms. The van der Waals surface area contributed by atoms with Gasteiger partial charge in [-0.2, -0.15) is 0 Å². The number of ether oxygens (including phenoxy) is 2. The van der Waals surface area contributed by atoms with Gasteiger partial charge in [-0.1, -0.05) is 37.0 Å². The van der Waals surface area contributed by atoms with Crippen LogP contribution in [0, 0.1) is 19.8 Å². The Morgan fingerprint density at radius 2 is 1.92 bits per heavy atom. The van der Waals surface area contributed by atoms with Crippen molar-refractivity contribution >= 4 is 11.9 Å². The van der Waals surface area contributed by atoms with Crippen LogP contribution in [-0.2, 0) is 14.3 Å². The van der Waals surface area contributed by atoms with Gasteiger partial charge in [-0.05, 0) is 38.3 Å². The fourth-order valence-electron chi connectivity index (χ4n) is 2.96. The van der Waals surface area contributed by atoms with E-state index in [9.17, 15) is 9.59 Å². The summed E-state index contributed by atoms with van der Waals surface area (Å²) in [7, 11) is 0. The van der Waals surface area contributed by atoms with E-state index in [-0.39, 0.29) is 24.4 Å². The topological polar surface area (TPSA) is 64.6 Å². The first-order chi connectivity index (χ1) is 11.6. The summed E-state index contributed by atoms with van der Waals surface area (Å²) in [6.07, 6.45) is 5.09. The Kier molecular flexibility index (Phi) is 7.09. The molecule has 0 saturated heterocycles. The molecule has 0 aromatic heterocycles. The van der Waals surface area contributed by atoms with Gasteiger partial charge in [0.05, 0.1) is 12.5 Å². The molecule has 0 radical (unpaired) electrons. The monoisotopic (exact) mass is 333 g/mol. The van der Waals surface area contributed by atoms with Crippen LogP contribution in [0.5, 0.6) is 5.75 Å². The van der Waals surface area contributed by atoms with Crippen molar-refractivity contribution in [1.29, 1.82) is 0 Å². The van der Waals surface area contributed by atoms with Crippen LogP contribution in [0.15, 0.2) is 18.2 Å². The van der Waals surface area contributed by atoms with E-state index in [1.807, 2.05) is 26.0 Å². The first-order valence-corrected chi connectivity index (χ1v) is 8.69. The van der Waals surface area contributed by atoms with E-state index in [1.165, 1.54) is 12.0 Å². The molecule has 2 rings (SSSR count). The van der Waals surface area contributed by atoms with Crippen LogP contribution < -0.4 is 10.1 Å². The Hall–Kier alpha value is -2.04. The minimum absolute atomic E-state index is 0.0283. The third kappa shape index (κ3) is 5.87. The molecule has 0 atom stereocenters. The quantitative estimate of drug-likeness (QED) is 0.615. The van der Waals surface area contributed by atoms with Crippen molar-refractivity contribution in [3.63, 3.8) is 0 Å². The Balaban J connectivity index is 1.60. The second-order valence-electron chi connectivity index (χ2n) is 6.41. The highest BCUT2D eigenvalue weighted by molar-refractivity contribution is 5.81. The Morgan fingerprint density at radius 1 is 1.17 bits per heavy atom. The predicted octanol–water partition coefficient (Wildman–Crippen LogP) is 2.92. The molecule has 1 aromatic rings. The molecule has 1 aliphatic rings. The number of amides is 1. The van der Waals surface area contributed by atoms with Gasteiger partial charge in [0.25, 0.3) is 5.91 Å². The van der Waals surface area contributed by atoms with E-state index in [1.54, 1.807) is 0 Å². The van der Waals surface area contributed by atoms with Crippen LogP contribution in [0.25, 0.3) is 0 Å². The van der Waals surface area contributed by atoms with Gasteiger partial charge < -0.3 is 14.8 Å². The Morgan fingerprint density at radius 3 is 2.62 bits per heavy atom. The fourth-order valence-corrected chi connectivity index (χ4v) is 2.96. The van der Waals surface area contributed by atoms with Crippen molar-refractivity contribution in [2.75, 3.05) is 19.8 Å². The largest absolute Gasteiger partial charge is 0.491 e. The molecule has 24 heavy (non-hydrogen) atoms. The molecular formula is C19H27NO4. The number of carbonyl (C=O) groups excluding carboxylic acids is 2. The normalized spacial score (nSPS) is 14.9. The first kappa shape index (κ1) is 18.3. The minimum Gasteiger partial charge on any atom is -0.491 e. The smallest absolute Gasteiger partial charge is 0.309 e. The summed E-state index contributed by atoms with van der Waals surface area (Å²) >= 11 is 0. The average Bonchev–Trinajstić information content (AvgIpc) is 2.59. The van der Waals surface area contributed by atoms with E-state index in [0.717, 1.165) is 37.0 Å². The third-order valence-corrected chi connectivity index (χ3v) is 4.30. The van der Waals surface area contributed by atoms with Crippen LogP contribution in [-0.4, -0.2) is 31.6 Å². The molecule has 0 bridgehead atoms. The maximum Gasteiger partial charge on any atom is 0.309 e. The van der Waals surface area contributed by atoms with Gasteiger partial charge >= 0.3 is 5.97 Å². The van der Waals surface area contributed by atoms with Gasteiger partial charge in [0.1, 0.15) is 12.4 Å². The average molecular weight is 333 g/mol. The molecule has 0 unspecified atom stereocenters. The molecular weight excluding hydrogens is 306 g/mol. The number of aryl methyl sites for hydroxylation is 2. The van der Waals surface area contributed by atoms with Crippen LogP contribution in [0.3, 0.4) is 0 Å². The Labute approximate surface area is 143 Å². The van der Waals surface area contributed by atoms with Gasteiger partial charge in [-0.3, -0.25) is 9.59 Å². The zero-order chi connectivity index (χ0) is 17.4. The number of hydrogen-bond donors (Lipinski definition) is 1. The van der Waals surface area contributed by atoms with Crippen molar-refractivity contribution in [1.82, 2.24) is 5.32 Å². The van der Waals surface area contributed by atoms with Gasteiger partial charge in [0.2, 0.25) is 0 Å². The van der Waals surface area contributed by atoms with Crippen LogP contribution in [0.4, 0.5) is 0 Å². The summed E-state index contributed by atoms with van der Waals surface area (Å²) in [5.41, 5.74) is 2.26. The lowest BCUT2D eigenvalue weighted by Gasteiger charge is -2.19. The van der Waals surface area contributed by atoms with Gasteiger partial charge in [-0.15, -0.1) is 0 Å². The van der Waals surface area contributed by atoms with Gasteiger partial charge in [0.15, 0.2) is 6.61 Å². The highest BCUT2D eigenvalue weighted by Crippen LogP contribution is 2.24. The summed E-state index contributed by atoms with van der Waals surface area (Å²) in [5.74, 6) is 0.262. The van der Waals surface area contributed by atoms with Crippen molar-refractivity contribution in [2.24, 2.45) is 5.92 Å². The molecule has 5 heteroatoms. The lowest BCUT2D eigenvalue weighted by Crippen LogP contribution is -2.33. The summed E-state index contributed by atoms with van der Waals surface area (Å²) < 4.78 is 10.7. The highest BCUT2D eigenvalue weighted by atomic mass is 16.5. The highest BCUT2D eigenvalue weighted by Gasteiger charge is 2.22. The maximum atomic E-state index is 11.9. The first-order valence-electron chi connectivity index (χ1n) is 8.69. The fraction of sp³-hybridized carbons (Fsp3) is 0.579. The van der Waals surface area contributed by atoms with Crippen molar-refractivity contribution in [2.45, 2.75) is 46.0 Å². The molecule has 132 valence electrons. The predicted molar refractivity (Wildman–Crippen MR) is 92.0 cm³/mol. The summed E-state index contributed by atoms with van der Waals surface area (Å²) in [6.45, 7) is 4.58. The number of esters is 1. The Bertz CT molecular complexity index is 564. The second-order valence-corrected chi connectivity index (χ2v) is 6.41. The van der Waals surface area contributed by atoms with Crippen LogP contribution in [0.1, 0.15) is 43.2 Å². The van der Waals surface area contributed by atoms with Gasteiger partial charge in [-0.25, -0.2) is 0 Å². The minimum atomic E-state index is -0.289. The van der Waals surface area contributed by atoms with E-state index in [4.69, 9.17) is 9.47 Å². The van der Waals surface area contributed by atoms with Crippen molar-refractivity contribution in [3.05, 3.63) is 29.3 Å². The standard InChI is InChI=1S/C19H27NO4/c1-14-8-9-17(15(2)12-14)23-11-10-20-18(21)13-24-19(22)16-6-4-3-5-7-16/h8-9,12,16H,3-7,10-11,13H2,1-2H3,(H,20,21). The molecule has 1 saturated carbocycles. The van der Waals surface area contributed by atoms with Crippen LogP contribution >= 0.6 is 0 Å². The molecule has 1 amide bonds. The van der Waals surface area contributed by atoms with E-state index in [2.05, 4.69) is 11.4 Å². The number of nitrogens with one attached hydrogen (secondary N) is 1. The maximum absolute atomic E-state index is 11.9. The summed E-state index contributed by atoms with van der Waals surface area (Å²) in [5, 5.41) is 2.70. The lowest BCUT2D eigenvalue weighted by molar-refractivity contribution is -0.153. The molecule has 1 aliphatic carbocycles. The molecule has 0 aliphatic heterocycles. The molecule has 0 heterocycles. The number of carbonyl (C=O) groups is 2. The number of hydrogen-bond acceptors (Lipinski definition) is 4. The van der Waals surface area contributed by atoms with Crippen molar-refractivity contribution < 1.29 is 19.1 Å². The van der Waals surface area contributed by atoms with Crippen molar-refractivity contribution in [3.8, 4) is 5.75 Å². The number of rotatable bonds is 7. The number of benzene rings is 1.